The number of nitrogens with zero attached hydrogens (tertiary/aromatic N) is 1. The fraction of sp³-hybridized carbons (Fsp3) is 0.450. The summed E-state index contributed by atoms with van der Waals surface area (Å²) in [5.74, 6) is -0.342. The van der Waals surface area contributed by atoms with Crippen LogP contribution in [0.3, 0.4) is 0 Å². The second kappa shape index (κ2) is 9.80. The Morgan fingerprint density at radius 2 is 2.00 bits per heavy atom. The first-order valence-corrected chi connectivity index (χ1v) is 12.0. The lowest BCUT2D eigenvalue weighted by atomic mass is 10.1. The molecule has 0 saturated heterocycles. The van der Waals surface area contributed by atoms with E-state index in [2.05, 4.69) is 20.3 Å². The van der Waals surface area contributed by atoms with Gasteiger partial charge in [-0.05, 0) is 43.5 Å². The summed E-state index contributed by atoms with van der Waals surface area (Å²) < 4.78 is 41.0. The highest BCUT2D eigenvalue weighted by atomic mass is 35.5. The molecule has 0 radical (unpaired) electrons. The molecule has 0 aliphatic heterocycles. The van der Waals surface area contributed by atoms with E-state index in [0.29, 0.717) is 18.2 Å². The molecule has 1 fully saturated rings. The summed E-state index contributed by atoms with van der Waals surface area (Å²) in [5, 5.41) is 16.6. The second-order valence-electron chi connectivity index (χ2n) is 7.35. The topological polar surface area (TPSA) is 103 Å². The first kappa shape index (κ1) is 22.6. The predicted molar refractivity (Wildman–Crippen MR) is 118 cm³/mol. The van der Waals surface area contributed by atoms with E-state index in [-0.39, 0.29) is 22.0 Å². The lowest BCUT2D eigenvalue weighted by Gasteiger charge is -2.19. The molecule has 4 N–H and O–H groups in total. The molecular formula is C20H26ClFN4O3S. The molecule has 1 unspecified atom stereocenters. The van der Waals surface area contributed by atoms with E-state index in [0.717, 1.165) is 18.7 Å². The lowest BCUT2D eigenvalue weighted by molar-refractivity contribution is 0.203. The van der Waals surface area contributed by atoms with Crippen molar-refractivity contribution in [3.05, 3.63) is 46.9 Å². The van der Waals surface area contributed by atoms with Crippen LogP contribution in [0.5, 0.6) is 0 Å². The Morgan fingerprint density at radius 1 is 1.27 bits per heavy atom. The van der Waals surface area contributed by atoms with Crippen molar-refractivity contribution < 1.29 is 17.9 Å². The third-order valence-corrected chi connectivity index (χ3v) is 6.72. The molecule has 0 bridgehead atoms. The van der Waals surface area contributed by atoms with Crippen LogP contribution in [0.1, 0.15) is 50.8 Å². The molecule has 0 amide bonds. The van der Waals surface area contributed by atoms with Crippen LogP contribution in [0.15, 0.2) is 30.5 Å². The number of aromatic nitrogens is 1. The molecule has 1 saturated carbocycles. The third kappa shape index (κ3) is 5.74. The lowest BCUT2D eigenvalue weighted by Crippen LogP contribution is -2.19. The molecule has 30 heavy (non-hydrogen) atoms. The second-order valence-corrected chi connectivity index (χ2v) is 9.60. The van der Waals surface area contributed by atoms with Gasteiger partial charge in [0.1, 0.15) is 5.82 Å². The van der Waals surface area contributed by atoms with Gasteiger partial charge in [0.05, 0.1) is 33.9 Å². The van der Waals surface area contributed by atoms with Gasteiger partial charge >= 0.3 is 0 Å². The highest BCUT2D eigenvalue weighted by molar-refractivity contribution is 7.92. The summed E-state index contributed by atoms with van der Waals surface area (Å²) in [4.78, 5) is 4.32. The highest BCUT2D eigenvalue weighted by Gasteiger charge is 2.22. The molecule has 1 heterocycles. The minimum absolute atomic E-state index is 0.0292. The Balaban J connectivity index is 1.72. The number of hydrogen-bond acceptors (Lipinski definition) is 6. The van der Waals surface area contributed by atoms with Crippen molar-refractivity contribution in [2.75, 3.05) is 21.1 Å². The minimum atomic E-state index is -3.69. The molecule has 1 aliphatic carbocycles. The van der Waals surface area contributed by atoms with Crippen molar-refractivity contribution >= 4 is 38.8 Å². The smallest absolute Gasteiger partial charge is 0.232 e. The number of pyridine rings is 1. The van der Waals surface area contributed by atoms with Gasteiger partial charge in [0.2, 0.25) is 10.0 Å². The zero-order valence-electron chi connectivity index (χ0n) is 16.7. The Morgan fingerprint density at radius 3 is 2.63 bits per heavy atom. The van der Waals surface area contributed by atoms with E-state index in [4.69, 9.17) is 11.6 Å². The first-order valence-electron chi connectivity index (χ1n) is 9.94. The Labute approximate surface area is 181 Å². The number of nitrogens with one attached hydrogen (secondary N) is 3. The Kier molecular flexibility index (Phi) is 7.38. The third-order valence-electron chi connectivity index (χ3n) is 4.91. The maximum atomic E-state index is 14.9. The van der Waals surface area contributed by atoms with Gasteiger partial charge in [-0.15, -0.1) is 0 Å². The van der Waals surface area contributed by atoms with Crippen LogP contribution < -0.4 is 15.4 Å². The van der Waals surface area contributed by atoms with E-state index in [1.807, 2.05) is 0 Å². The van der Waals surface area contributed by atoms with Gasteiger partial charge in [-0.3, -0.25) is 4.72 Å². The molecule has 1 aromatic heterocycles. The van der Waals surface area contributed by atoms with Crippen LogP contribution in [-0.2, 0) is 10.0 Å². The summed E-state index contributed by atoms with van der Waals surface area (Å²) >= 11 is 6.07. The van der Waals surface area contributed by atoms with E-state index in [1.54, 1.807) is 19.1 Å². The average Bonchev–Trinajstić information content (AvgIpc) is 3.19. The molecule has 3 rings (SSSR count). The Hall–Kier alpha value is -2.10. The van der Waals surface area contributed by atoms with E-state index in [1.165, 1.54) is 31.2 Å². The number of halogens is 2. The van der Waals surface area contributed by atoms with Gasteiger partial charge in [-0.1, -0.05) is 31.4 Å². The highest BCUT2D eigenvalue weighted by Crippen LogP contribution is 2.32. The van der Waals surface area contributed by atoms with Crippen molar-refractivity contribution in [1.82, 2.24) is 4.98 Å². The number of benzene rings is 1. The normalized spacial score (nSPS) is 15.7. The van der Waals surface area contributed by atoms with Gasteiger partial charge in [0.25, 0.3) is 0 Å². The molecule has 2 aromatic rings. The van der Waals surface area contributed by atoms with Crippen molar-refractivity contribution in [3.8, 4) is 0 Å². The Bertz CT molecular complexity index is 967. The SMILES string of the molecule is CCCS(=O)(=O)Nc1ccc(Cl)c(C(O)Nc2ccc(NC3CCCC3)nc2)c1F. The maximum Gasteiger partial charge on any atom is 0.232 e. The molecule has 164 valence electrons. The van der Waals surface area contributed by atoms with E-state index >= 15 is 0 Å². The summed E-state index contributed by atoms with van der Waals surface area (Å²) in [6.07, 6.45) is 5.09. The number of rotatable bonds is 9. The van der Waals surface area contributed by atoms with Crippen molar-refractivity contribution in [1.29, 1.82) is 0 Å². The largest absolute Gasteiger partial charge is 0.369 e. The fourth-order valence-corrected chi connectivity index (χ4v) is 4.84. The van der Waals surface area contributed by atoms with Crippen LogP contribution in [-0.4, -0.2) is 30.3 Å². The number of aliphatic hydroxyl groups excluding tert-OH is 1. The zero-order chi connectivity index (χ0) is 21.7. The summed E-state index contributed by atoms with van der Waals surface area (Å²) in [5.41, 5.74) is -0.0497. The molecule has 0 spiro atoms. The van der Waals surface area contributed by atoms with Crippen molar-refractivity contribution in [2.24, 2.45) is 0 Å². The molecule has 7 nitrogen and oxygen atoms in total. The number of sulfonamides is 1. The van der Waals surface area contributed by atoms with Gasteiger partial charge in [0, 0.05) is 6.04 Å². The first-order chi connectivity index (χ1) is 14.3. The summed E-state index contributed by atoms with van der Waals surface area (Å²) in [6, 6.07) is 6.48. The van der Waals surface area contributed by atoms with Gasteiger partial charge in [0.15, 0.2) is 12.0 Å². The van der Waals surface area contributed by atoms with Crippen LogP contribution in [0, 0.1) is 5.82 Å². The van der Waals surface area contributed by atoms with E-state index < -0.39 is 22.1 Å². The minimum Gasteiger partial charge on any atom is -0.369 e. The number of hydrogen-bond donors (Lipinski definition) is 4. The average molecular weight is 457 g/mol. The predicted octanol–water partition coefficient (Wildman–Crippen LogP) is 4.48. The zero-order valence-corrected chi connectivity index (χ0v) is 18.2. The quantitative estimate of drug-likeness (QED) is 0.415. The molecular weight excluding hydrogens is 431 g/mol. The fourth-order valence-electron chi connectivity index (χ4n) is 3.46. The van der Waals surface area contributed by atoms with Crippen LogP contribution in [0.4, 0.5) is 21.6 Å². The van der Waals surface area contributed by atoms with E-state index in [9.17, 15) is 17.9 Å². The summed E-state index contributed by atoms with van der Waals surface area (Å²) in [6.45, 7) is 1.71. The van der Waals surface area contributed by atoms with Gasteiger partial charge < -0.3 is 15.7 Å². The number of anilines is 3. The maximum absolute atomic E-state index is 14.9. The van der Waals surface area contributed by atoms with Crippen LogP contribution in [0.25, 0.3) is 0 Å². The standard InChI is InChI=1S/C20H26ClFN4O3S/c1-2-11-30(28,29)26-16-9-8-15(21)18(19(16)22)20(27)25-14-7-10-17(23-12-14)24-13-5-3-4-6-13/h7-10,12-13,20,25-27H,2-6,11H2,1H3,(H,23,24). The van der Waals surface area contributed by atoms with Crippen LogP contribution in [0.2, 0.25) is 5.02 Å². The molecule has 1 atom stereocenters. The molecule has 10 heteroatoms. The van der Waals surface area contributed by atoms with Gasteiger partial charge in [-0.2, -0.15) is 0 Å². The molecule has 1 aliphatic rings. The van der Waals surface area contributed by atoms with Gasteiger partial charge in [-0.25, -0.2) is 17.8 Å². The van der Waals surface area contributed by atoms with Crippen LogP contribution >= 0.6 is 11.6 Å². The monoisotopic (exact) mass is 456 g/mol. The number of aliphatic hydroxyl groups is 1. The van der Waals surface area contributed by atoms with Crippen molar-refractivity contribution in [2.45, 2.75) is 51.3 Å². The van der Waals surface area contributed by atoms with Crippen molar-refractivity contribution in [3.63, 3.8) is 0 Å². The molecule has 1 aromatic carbocycles. The summed E-state index contributed by atoms with van der Waals surface area (Å²) in [7, 11) is -3.69.